The Morgan fingerprint density at radius 2 is 2.21 bits per heavy atom. The summed E-state index contributed by atoms with van der Waals surface area (Å²) in [5.41, 5.74) is 2.82. The molecule has 28 heavy (non-hydrogen) atoms. The molecule has 1 unspecified atom stereocenters. The van der Waals surface area contributed by atoms with E-state index in [-0.39, 0.29) is 0 Å². The fourth-order valence-corrected chi connectivity index (χ4v) is 4.08. The van der Waals surface area contributed by atoms with Crippen LogP contribution in [0.15, 0.2) is 30.6 Å². The number of benzene rings is 1. The van der Waals surface area contributed by atoms with E-state index in [9.17, 15) is 14.7 Å². The van der Waals surface area contributed by atoms with Crippen molar-refractivity contribution in [2.45, 2.75) is 19.4 Å². The average molecular weight is 398 g/mol. The number of hydrogen-bond acceptors (Lipinski definition) is 6. The number of nitrogens with zero attached hydrogens (tertiary/aromatic N) is 3. The van der Waals surface area contributed by atoms with Crippen molar-refractivity contribution >= 4 is 23.2 Å². The molecule has 1 aromatic carbocycles. The fourth-order valence-electron chi connectivity index (χ4n) is 3.13. The predicted octanol–water partition coefficient (Wildman–Crippen LogP) is 2.34. The number of thiazole rings is 1. The first-order valence-corrected chi connectivity index (χ1v) is 9.50. The molecule has 0 bridgehead atoms. The maximum absolute atomic E-state index is 12.8. The standard InChI is InChI=1S/C19H18N4O4S/c1-10-16(28-18(21-10)13-8-20-23(2)9-13)17(24)22-15(19(25)26)12-3-4-14-11(7-12)5-6-27-14/h3-4,7-9,15H,5-6H2,1-2H3,(H,22,24)(H,25,26). The molecule has 1 atom stereocenters. The molecule has 0 radical (unpaired) electrons. The van der Waals surface area contributed by atoms with Crippen LogP contribution in [0.5, 0.6) is 5.75 Å². The summed E-state index contributed by atoms with van der Waals surface area (Å²) in [5, 5.41) is 17.1. The van der Waals surface area contributed by atoms with E-state index < -0.39 is 17.9 Å². The average Bonchev–Trinajstić information content (AvgIpc) is 3.37. The number of fused-ring (bicyclic) bond motifs is 1. The molecular weight excluding hydrogens is 380 g/mol. The van der Waals surface area contributed by atoms with Crippen molar-refractivity contribution in [2.24, 2.45) is 7.05 Å². The summed E-state index contributed by atoms with van der Waals surface area (Å²) in [6.07, 6.45) is 4.21. The van der Waals surface area contributed by atoms with Gasteiger partial charge in [0.1, 0.15) is 15.6 Å². The highest BCUT2D eigenvalue weighted by Gasteiger charge is 2.27. The zero-order chi connectivity index (χ0) is 19.8. The van der Waals surface area contributed by atoms with Crippen LogP contribution >= 0.6 is 11.3 Å². The van der Waals surface area contributed by atoms with Crippen LogP contribution in [0.1, 0.15) is 32.5 Å². The molecule has 0 aliphatic carbocycles. The van der Waals surface area contributed by atoms with Crippen LogP contribution in [0.3, 0.4) is 0 Å². The third-order valence-electron chi connectivity index (χ3n) is 4.52. The minimum atomic E-state index is -1.15. The van der Waals surface area contributed by atoms with Gasteiger partial charge in [-0.3, -0.25) is 9.48 Å². The first kappa shape index (κ1) is 18.2. The highest BCUT2D eigenvalue weighted by Crippen LogP contribution is 2.30. The zero-order valence-electron chi connectivity index (χ0n) is 15.3. The van der Waals surface area contributed by atoms with Crippen molar-refractivity contribution in [3.63, 3.8) is 0 Å². The van der Waals surface area contributed by atoms with Gasteiger partial charge in [0.05, 0.1) is 18.5 Å². The summed E-state index contributed by atoms with van der Waals surface area (Å²) in [6, 6.07) is 4.05. The molecular formula is C19H18N4O4S. The zero-order valence-corrected chi connectivity index (χ0v) is 16.1. The molecule has 1 aliphatic rings. The largest absolute Gasteiger partial charge is 0.493 e. The molecule has 2 aromatic heterocycles. The Balaban J connectivity index is 1.59. The second kappa shape index (κ2) is 7.08. The van der Waals surface area contributed by atoms with Gasteiger partial charge in [-0.05, 0) is 30.2 Å². The van der Waals surface area contributed by atoms with E-state index in [2.05, 4.69) is 15.4 Å². The van der Waals surface area contributed by atoms with E-state index in [1.165, 1.54) is 11.3 Å². The van der Waals surface area contributed by atoms with Crippen LogP contribution in [-0.2, 0) is 18.3 Å². The number of aliphatic carboxylic acids is 1. The highest BCUT2D eigenvalue weighted by atomic mass is 32.1. The first-order valence-electron chi connectivity index (χ1n) is 8.68. The smallest absolute Gasteiger partial charge is 0.330 e. The Kier molecular flexibility index (Phi) is 4.60. The van der Waals surface area contributed by atoms with Crippen molar-refractivity contribution in [3.8, 4) is 16.3 Å². The topological polar surface area (TPSA) is 106 Å². The quantitative estimate of drug-likeness (QED) is 0.683. The van der Waals surface area contributed by atoms with E-state index in [1.54, 1.807) is 43.0 Å². The van der Waals surface area contributed by atoms with Gasteiger partial charge < -0.3 is 15.2 Å². The summed E-state index contributed by atoms with van der Waals surface area (Å²) in [4.78, 5) is 29.4. The number of carbonyl (C=O) groups is 2. The Bertz CT molecular complexity index is 1070. The molecule has 8 nitrogen and oxygen atoms in total. The number of carboxylic acids is 1. The molecule has 0 saturated heterocycles. The maximum atomic E-state index is 12.8. The van der Waals surface area contributed by atoms with Gasteiger partial charge in [-0.2, -0.15) is 5.10 Å². The van der Waals surface area contributed by atoms with Crippen molar-refractivity contribution < 1.29 is 19.4 Å². The molecule has 4 rings (SSSR count). The van der Waals surface area contributed by atoms with Gasteiger partial charge in [0, 0.05) is 25.2 Å². The Hall–Kier alpha value is -3.20. The Morgan fingerprint density at radius 1 is 1.39 bits per heavy atom. The monoisotopic (exact) mass is 398 g/mol. The van der Waals surface area contributed by atoms with Gasteiger partial charge in [-0.15, -0.1) is 11.3 Å². The van der Waals surface area contributed by atoms with E-state index in [1.807, 2.05) is 6.20 Å². The fraction of sp³-hybridized carbons (Fsp3) is 0.263. The second-order valence-electron chi connectivity index (χ2n) is 6.55. The number of amides is 1. The lowest BCUT2D eigenvalue weighted by Gasteiger charge is -2.15. The Labute approximate surface area is 164 Å². The van der Waals surface area contributed by atoms with Crippen LogP contribution in [-0.4, -0.2) is 38.4 Å². The number of aryl methyl sites for hydroxylation is 2. The number of carboxylic acid groups (broad SMARTS) is 1. The van der Waals surface area contributed by atoms with Crippen molar-refractivity contribution in [1.29, 1.82) is 0 Å². The van der Waals surface area contributed by atoms with Gasteiger partial charge >= 0.3 is 5.97 Å². The van der Waals surface area contributed by atoms with Crippen molar-refractivity contribution in [2.75, 3.05) is 6.61 Å². The molecule has 1 aliphatic heterocycles. The maximum Gasteiger partial charge on any atom is 0.330 e. The van der Waals surface area contributed by atoms with Crippen molar-refractivity contribution in [3.05, 3.63) is 52.3 Å². The molecule has 144 valence electrons. The lowest BCUT2D eigenvalue weighted by atomic mass is 10.0. The minimum Gasteiger partial charge on any atom is -0.493 e. The third-order valence-corrected chi connectivity index (χ3v) is 5.73. The number of aromatic nitrogens is 3. The minimum absolute atomic E-state index is 0.384. The third kappa shape index (κ3) is 3.36. The number of nitrogens with one attached hydrogen (secondary N) is 1. The van der Waals surface area contributed by atoms with Gasteiger partial charge in [-0.25, -0.2) is 9.78 Å². The van der Waals surface area contributed by atoms with Crippen LogP contribution in [0.4, 0.5) is 0 Å². The molecule has 2 N–H and O–H groups in total. The summed E-state index contributed by atoms with van der Waals surface area (Å²) in [5.74, 6) is -0.824. The molecule has 9 heteroatoms. The van der Waals surface area contributed by atoms with E-state index >= 15 is 0 Å². The number of rotatable bonds is 5. The highest BCUT2D eigenvalue weighted by molar-refractivity contribution is 7.17. The van der Waals surface area contributed by atoms with Gasteiger partial charge in [0.25, 0.3) is 5.91 Å². The van der Waals surface area contributed by atoms with Crippen LogP contribution in [0.25, 0.3) is 10.6 Å². The van der Waals surface area contributed by atoms with E-state index in [0.717, 1.165) is 23.3 Å². The van der Waals surface area contributed by atoms with Crippen molar-refractivity contribution in [1.82, 2.24) is 20.1 Å². The lowest BCUT2D eigenvalue weighted by Crippen LogP contribution is -2.33. The predicted molar refractivity (Wildman–Crippen MR) is 103 cm³/mol. The normalized spacial score (nSPS) is 13.6. The molecule has 0 spiro atoms. The molecule has 3 aromatic rings. The Morgan fingerprint density at radius 3 is 2.93 bits per heavy atom. The number of hydrogen-bond donors (Lipinski definition) is 2. The number of carbonyl (C=O) groups excluding carboxylic acids is 1. The first-order chi connectivity index (χ1) is 13.4. The molecule has 1 amide bonds. The van der Waals surface area contributed by atoms with E-state index in [0.29, 0.717) is 27.7 Å². The lowest BCUT2D eigenvalue weighted by molar-refractivity contribution is -0.139. The molecule has 0 saturated carbocycles. The molecule has 3 heterocycles. The summed E-state index contributed by atoms with van der Waals surface area (Å²) >= 11 is 1.21. The summed E-state index contributed by atoms with van der Waals surface area (Å²) in [6.45, 7) is 2.31. The van der Waals surface area contributed by atoms with Crippen LogP contribution in [0, 0.1) is 6.92 Å². The van der Waals surface area contributed by atoms with Gasteiger partial charge in [0.15, 0.2) is 6.04 Å². The molecule has 0 fully saturated rings. The van der Waals surface area contributed by atoms with Gasteiger partial charge in [0.2, 0.25) is 0 Å². The summed E-state index contributed by atoms with van der Waals surface area (Å²) < 4.78 is 7.11. The van der Waals surface area contributed by atoms with Gasteiger partial charge in [-0.1, -0.05) is 6.07 Å². The second-order valence-corrected chi connectivity index (χ2v) is 7.55. The number of ether oxygens (including phenoxy) is 1. The van der Waals surface area contributed by atoms with Crippen LogP contribution < -0.4 is 10.1 Å². The van der Waals surface area contributed by atoms with Crippen LogP contribution in [0.2, 0.25) is 0 Å². The SMILES string of the molecule is Cc1nc(-c2cnn(C)c2)sc1C(=O)NC(C(=O)O)c1ccc2c(c1)CCO2. The summed E-state index contributed by atoms with van der Waals surface area (Å²) in [7, 11) is 1.80. The van der Waals surface area contributed by atoms with E-state index in [4.69, 9.17) is 4.74 Å².